The van der Waals surface area contributed by atoms with Crippen molar-refractivity contribution in [2.75, 3.05) is 0 Å². The zero-order valence-electron chi connectivity index (χ0n) is 7.55. The summed E-state index contributed by atoms with van der Waals surface area (Å²) >= 11 is 0. The molecule has 0 saturated carbocycles. The molecule has 0 bridgehead atoms. The van der Waals surface area contributed by atoms with E-state index in [9.17, 15) is 4.79 Å². The van der Waals surface area contributed by atoms with Crippen LogP contribution in [-0.4, -0.2) is 10.5 Å². The Morgan fingerprint density at radius 3 is 2.71 bits per heavy atom. The molecule has 0 aliphatic carbocycles. The average Bonchev–Trinajstić information content (AvgIpc) is 2.60. The Morgan fingerprint density at radius 1 is 1.29 bits per heavy atom. The van der Waals surface area contributed by atoms with Gasteiger partial charge in [0.1, 0.15) is 0 Å². The number of primary amides is 1. The van der Waals surface area contributed by atoms with Crippen LogP contribution in [0.5, 0.6) is 0 Å². The van der Waals surface area contributed by atoms with Crippen molar-refractivity contribution < 1.29 is 4.79 Å². The van der Waals surface area contributed by atoms with Crippen molar-refractivity contribution in [2.24, 2.45) is 11.5 Å². The molecular weight excluding hydrogens is 178 g/mol. The lowest BCUT2D eigenvalue weighted by Crippen LogP contribution is -2.32. The van der Waals surface area contributed by atoms with Crippen LogP contribution in [0.3, 0.4) is 0 Å². The number of hydrogen-bond acceptors (Lipinski definition) is 2. The molecule has 14 heavy (non-hydrogen) atoms. The van der Waals surface area contributed by atoms with Gasteiger partial charge in [-0.25, -0.2) is 0 Å². The maximum Gasteiger partial charge on any atom is 0.255 e. The fourth-order valence-electron chi connectivity index (χ4n) is 1.48. The number of aromatic nitrogens is 1. The normalized spacial score (nSPS) is 12.9. The van der Waals surface area contributed by atoms with E-state index in [1.807, 2.05) is 30.3 Å². The maximum absolute atomic E-state index is 10.9. The second kappa shape index (κ2) is 3.16. The van der Waals surface area contributed by atoms with Crippen LogP contribution in [0.25, 0.3) is 10.9 Å². The van der Waals surface area contributed by atoms with Gasteiger partial charge in [-0.1, -0.05) is 18.2 Å². The van der Waals surface area contributed by atoms with E-state index in [0.29, 0.717) is 0 Å². The molecule has 1 atom stereocenters. The second-order valence-electron chi connectivity index (χ2n) is 3.13. The molecule has 1 heterocycles. The van der Waals surface area contributed by atoms with Crippen molar-refractivity contribution in [3.63, 3.8) is 0 Å². The van der Waals surface area contributed by atoms with Crippen molar-refractivity contribution in [2.45, 2.75) is 6.17 Å². The topological polar surface area (TPSA) is 74.0 Å². The van der Waals surface area contributed by atoms with Gasteiger partial charge in [-0.05, 0) is 17.5 Å². The number of fused-ring (bicyclic) bond motifs is 1. The SMILES string of the molecule is NC(=O)C(N)n1ccc2ccccc21. The zero-order valence-corrected chi connectivity index (χ0v) is 7.55. The molecule has 1 unspecified atom stereocenters. The predicted molar refractivity (Wildman–Crippen MR) is 54.4 cm³/mol. The average molecular weight is 189 g/mol. The first-order chi connectivity index (χ1) is 6.70. The molecule has 1 amide bonds. The van der Waals surface area contributed by atoms with Gasteiger partial charge >= 0.3 is 0 Å². The second-order valence-corrected chi connectivity index (χ2v) is 3.13. The lowest BCUT2D eigenvalue weighted by molar-refractivity contribution is -0.120. The molecule has 2 rings (SSSR count). The van der Waals surface area contributed by atoms with E-state index in [-0.39, 0.29) is 0 Å². The van der Waals surface area contributed by atoms with Crippen LogP contribution in [0.15, 0.2) is 36.5 Å². The van der Waals surface area contributed by atoms with Crippen LogP contribution in [0, 0.1) is 0 Å². The molecule has 0 saturated heterocycles. The summed E-state index contributed by atoms with van der Waals surface area (Å²) in [4.78, 5) is 10.9. The monoisotopic (exact) mass is 189 g/mol. The molecule has 4 N–H and O–H groups in total. The Labute approximate surface area is 81.1 Å². The zero-order chi connectivity index (χ0) is 10.1. The van der Waals surface area contributed by atoms with Gasteiger partial charge < -0.3 is 16.0 Å². The molecule has 0 radical (unpaired) electrons. The molecular formula is C10H11N3O. The Kier molecular flexibility index (Phi) is 1.98. The summed E-state index contributed by atoms with van der Waals surface area (Å²) in [7, 11) is 0. The number of hydrogen-bond donors (Lipinski definition) is 2. The third kappa shape index (κ3) is 1.25. The minimum absolute atomic E-state index is 0.536. The highest BCUT2D eigenvalue weighted by molar-refractivity contribution is 5.84. The molecule has 72 valence electrons. The number of carbonyl (C=O) groups is 1. The molecule has 1 aromatic heterocycles. The van der Waals surface area contributed by atoms with E-state index in [0.717, 1.165) is 10.9 Å². The highest BCUT2D eigenvalue weighted by Crippen LogP contribution is 2.17. The van der Waals surface area contributed by atoms with E-state index in [1.54, 1.807) is 10.8 Å². The Bertz CT molecular complexity index is 475. The van der Waals surface area contributed by atoms with E-state index < -0.39 is 12.1 Å². The lowest BCUT2D eigenvalue weighted by atomic mass is 10.2. The first-order valence-corrected chi connectivity index (χ1v) is 4.30. The quantitative estimate of drug-likeness (QED) is 0.725. The summed E-state index contributed by atoms with van der Waals surface area (Å²) in [6.07, 6.45) is 0.968. The number of benzene rings is 1. The van der Waals surface area contributed by atoms with Crippen molar-refractivity contribution in [3.05, 3.63) is 36.5 Å². The summed E-state index contributed by atoms with van der Waals surface area (Å²) in [5.74, 6) is -0.536. The molecule has 0 aliphatic rings. The van der Waals surface area contributed by atoms with E-state index in [4.69, 9.17) is 11.5 Å². The fourth-order valence-corrected chi connectivity index (χ4v) is 1.48. The Hall–Kier alpha value is -1.81. The Balaban J connectivity index is 2.58. The fraction of sp³-hybridized carbons (Fsp3) is 0.100. The van der Waals surface area contributed by atoms with Crippen LogP contribution in [-0.2, 0) is 4.79 Å². The van der Waals surface area contributed by atoms with Crippen molar-refractivity contribution in [1.29, 1.82) is 0 Å². The molecule has 4 heteroatoms. The van der Waals surface area contributed by atoms with Crippen molar-refractivity contribution >= 4 is 16.8 Å². The minimum Gasteiger partial charge on any atom is -0.367 e. The van der Waals surface area contributed by atoms with Crippen LogP contribution in [0.4, 0.5) is 0 Å². The molecule has 0 fully saturated rings. The Morgan fingerprint density at radius 2 is 2.00 bits per heavy atom. The first kappa shape index (κ1) is 8.77. The van der Waals surface area contributed by atoms with Crippen LogP contribution in [0.1, 0.15) is 6.17 Å². The molecule has 4 nitrogen and oxygen atoms in total. The number of carbonyl (C=O) groups excluding carboxylic acids is 1. The highest BCUT2D eigenvalue weighted by atomic mass is 16.1. The van der Waals surface area contributed by atoms with Gasteiger partial charge in [0.15, 0.2) is 6.17 Å². The third-order valence-electron chi connectivity index (χ3n) is 2.22. The predicted octanol–water partition coefficient (Wildman–Crippen LogP) is 0.584. The minimum atomic E-state index is -0.796. The third-order valence-corrected chi connectivity index (χ3v) is 2.22. The summed E-state index contributed by atoms with van der Waals surface area (Å²) in [5, 5.41) is 1.05. The summed E-state index contributed by atoms with van der Waals surface area (Å²) in [6.45, 7) is 0. The van der Waals surface area contributed by atoms with Crippen molar-refractivity contribution in [3.8, 4) is 0 Å². The number of para-hydroxylation sites is 1. The van der Waals surface area contributed by atoms with Gasteiger partial charge in [0, 0.05) is 11.7 Å². The van der Waals surface area contributed by atoms with E-state index in [2.05, 4.69) is 0 Å². The number of amides is 1. The van der Waals surface area contributed by atoms with Gasteiger partial charge in [-0.15, -0.1) is 0 Å². The van der Waals surface area contributed by atoms with E-state index in [1.165, 1.54) is 0 Å². The van der Waals surface area contributed by atoms with Crippen LogP contribution < -0.4 is 11.5 Å². The maximum atomic E-state index is 10.9. The van der Waals surface area contributed by atoms with Crippen LogP contribution >= 0.6 is 0 Å². The number of nitrogens with two attached hydrogens (primary N) is 2. The smallest absolute Gasteiger partial charge is 0.255 e. The standard InChI is InChI=1S/C10H11N3O/c11-9(10(12)14)13-6-5-7-3-1-2-4-8(7)13/h1-6,9H,11H2,(H2,12,14). The van der Waals surface area contributed by atoms with Gasteiger partial charge in [0.25, 0.3) is 5.91 Å². The van der Waals surface area contributed by atoms with Gasteiger partial charge in [0.2, 0.25) is 0 Å². The first-order valence-electron chi connectivity index (χ1n) is 4.30. The van der Waals surface area contributed by atoms with Crippen LogP contribution in [0.2, 0.25) is 0 Å². The number of nitrogens with zero attached hydrogens (tertiary/aromatic N) is 1. The van der Waals surface area contributed by atoms with Gasteiger partial charge in [0.05, 0.1) is 0 Å². The van der Waals surface area contributed by atoms with Gasteiger partial charge in [-0.2, -0.15) is 0 Å². The van der Waals surface area contributed by atoms with Crippen molar-refractivity contribution in [1.82, 2.24) is 4.57 Å². The molecule has 1 aromatic carbocycles. The molecule has 0 aliphatic heterocycles. The summed E-state index contributed by atoms with van der Waals surface area (Å²) in [6, 6.07) is 9.59. The number of rotatable bonds is 2. The van der Waals surface area contributed by atoms with E-state index >= 15 is 0 Å². The summed E-state index contributed by atoms with van der Waals surface area (Å²) < 4.78 is 1.66. The van der Waals surface area contributed by atoms with Gasteiger partial charge in [-0.3, -0.25) is 4.79 Å². The highest BCUT2D eigenvalue weighted by Gasteiger charge is 2.12. The molecule has 2 aromatic rings. The lowest BCUT2D eigenvalue weighted by Gasteiger charge is -2.10. The summed E-state index contributed by atoms with van der Waals surface area (Å²) in [5.41, 5.74) is 11.7. The molecule has 0 spiro atoms. The largest absolute Gasteiger partial charge is 0.367 e.